The van der Waals surface area contributed by atoms with Gasteiger partial charge in [-0.15, -0.1) is 0 Å². The summed E-state index contributed by atoms with van der Waals surface area (Å²) in [6, 6.07) is 0. The quantitative estimate of drug-likeness (QED) is 0.471. The van der Waals surface area contributed by atoms with Crippen molar-refractivity contribution in [1.82, 2.24) is 0 Å². The van der Waals surface area contributed by atoms with Gasteiger partial charge in [0.1, 0.15) is 0 Å². The van der Waals surface area contributed by atoms with Gasteiger partial charge in [0.2, 0.25) is 0 Å². The molecule has 0 saturated carbocycles. The largest absolute Gasteiger partial charge is 0.381 e. The molecule has 0 bridgehead atoms. The molecule has 0 unspecified atom stereocenters. The summed E-state index contributed by atoms with van der Waals surface area (Å²) in [5, 5.41) is 0. The normalized spacial score (nSPS) is 11.2. The van der Waals surface area contributed by atoms with Gasteiger partial charge in [0.25, 0.3) is 0 Å². The Labute approximate surface area is 102 Å². The van der Waals surface area contributed by atoms with E-state index >= 15 is 0 Å². The van der Waals surface area contributed by atoms with Crippen LogP contribution in [0, 0.1) is 5.92 Å². The summed E-state index contributed by atoms with van der Waals surface area (Å²) < 4.78 is 11.1. The molecule has 0 atom stereocenters. The molecule has 0 amide bonds. The minimum atomic E-state index is 0.725. The third-order valence-corrected chi connectivity index (χ3v) is 2.79. The molecule has 2 nitrogen and oxygen atoms in total. The van der Waals surface area contributed by atoms with Gasteiger partial charge in [-0.2, -0.15) is 0 Å². The number of hydrogen-bond donors (Lipinski definition) is 0. The van der Waals surface area contributed by atoms with Crippen molar-refractivity contribution in [3.8, 4) is 0 Å². The van der Waals surface area contributed by atoms with Crippen LogP contribution in [0.3, 0.4) is 0 Å². The molecule has 0 aromatic heterocycles. The van der Waals surface area contributed by atoms with Crippen LogP contribution in [0.15, 0.2) is 0 Å². The van der Waals surface area contributed by atoms with E-state index in [2.05, 4.69) is 20.8 Å². The highest BCUT2D eigenvalue weighted by Gasteiger charge is 2.01. The van der Waals surface area contributed by atoms with Crippen molar-refractivity contribution < 1.29 is 9.47 Å². The summed E-state index contributed by atoms with van der Waals surface area (Å²) in [6.07, 6.45) is 7.16. The summed E-state index contributed by atoms with van der Waals surface area (Å²) in [4.78, 5) is 0. The van der Waals surface area contributed by atoms with Gasteiger partial charge in [0.15, 0.2) is 0 Å². The Morgan fingerprint density at radius 1 is 0.750 bits per heavy atom. The van der Waals surface area contributed by atoms with E-state index in [1.54, 1.807) is 0 Å². The van der Waals surface area contributed by atoms with Gasteiger partial charge in [-0.05, 0) is 31.6 Å². The fraction of sp³-hybridized carbons (Fsp3) is 1.00. The maximum Gasteiger partial charge on any atom is 0.0468 e. The molecule has 0 rings (SSSR count). The lowest BCUT2D eigenvalue weighted by molar-refractivity contribution is 0.0972. The SMILES string of the molecule is CCCCOCCC(C)CCOCCCC. The van der Waals surface area contributed by atoms with Crippen LogP contribution in [0.5, 0.6) is 0 Å². The molecule has 0 heterocycles. The summed E-state index contributed by atoms with van der Waals surface area (Å²) in [7, 11) is 0. The summed E-state index contributed by atoms with van der Waals surface area (Å²) in [5.41, 5.74) is 0. The van der Waals surface area contributed by atoms with Crippen LogP contribution in [0.4, 0.5) is 0 Å². The highest BCUT2D eigenvalue weighted by molar-refractivity contribution is 4.52. The second-order valence-electron chi connectivity index (χ2n) is 4.61. The van der Waals surface area contributed by atoms with Crippen molar-refractivity contribution in [3.63, 3.8) is 0 Å². The van der Waals surface area contributed by atoms with E-state index in [1.807, 2.05) is 0 Å². The molecule has 0 aliphatic rings. The van der Waals surface area contributed by atoms with Crippen LogP contribution in [0.1, 0.15) is 59.3 Å². The fourth-order valence-corrected chi connectivity index (χ4v) is 1.41. The molecule has 2 heteroatoms. The minimum Gasteiger partial charge on any atom is -0.381 e. The van der Waals surface area contributed by atoms with Gasteiger partial charge in [-0.1, -0.05) is 33.6 Å². The predicted octanol–water partition coefficient (Wildman–Crippen LogP) is 4.04. The molecular weight excluding hydrogens is 200 g/mol. The van der Waals surface area contributed by atoms with E-state index in [0.717, 1.165) is 32.3 Å². The van der Waals surface area contributed by atoms with Crippen LogP contribution in [-0.4, -0.2) is 26.4 Å². The summed E-state index contributed by atoms with van der Waals surface area (Å²) in [5.74, 6) is 0.725. The van der Waals surface area contributed by atoms with E-state index < -0.39 is 0 Å². The summed E-state index contributed by atoms with van der Waals surface area (Å²) >= 11 is 0. The highest BCUT2D eigenvalue weighted by Crippen LogP contribution is 2.08. The smallest absolute Gasteiger partial charge is 0.0468 e. The first-order valence-corrected chi connectivity index (χ1v) is 6.96. The second-order valence-corrected chi connectivity index (χ2v) is 4.61. The van der Waals surface area contributed by atoms with Crippen LogP contribution < -0.4 is 0 Å². The molecule has 16 heavy (non-hydrogen) atoms. The number of ether oxygens (including phenoxy) is 2. The van der Waals surface area contributed by atoms with E-state index in [1.165, 1.54) is 38.5 Å². The Morgan fingerprint density at radius 3 is 1.56 bits per heavy atom. The Balaban J connectivity index is 3.09. The highest BCUT2D eigenvalue weighted by atomic mass is 16.5. The van der Waals surface area contributed by atoms with Crippen LogP contribution in [0.25, 0.3) is 0 Å². The van der Waals surface area contributed by atoms with Gasteiger partial charge < -0.3 is 9.47 Å². The molecule has 0 aliphatic carbocycles. The standard InChI is InChI=1S/C14H30O2/c1-4-6-10-15-12-8-14(3)9-13-16-11-7-5-2/h14H,4-13H2,1-3H3. The molecule has 0 radical (unpaired) electrons. The number of unbranched alkanes of at least 4 members (excludes halogenated alkanes) is 2. The first-order valence-electron chi connectivity index (χ1n) is 6.96. The van der Waals surface area contributed by atoms with Gasteiger partial charge >= 0.3 is 0 Å². The molecule has 0 N–H and O–H groups in total. The van der Waals surface area contributed by atoms with Crippen molar-refractivity contribution >= 4 is 0 Å². The van der Waals surface area contributed by atoms with E-state index in [0.29, 0.717) is 0 Å². The van der Waals surface area contributed by atoms with Gasteiger partial charge in [-0.25, -0.2) is 0 Å². The number of rotatable bonds is 12. The van der Waals surface area contributed by atoms with Crippen molar-refractivity contribution in [1.29, 1.82) is 0 Å². The average molecular weight is 230 g/mol. The maximum absolute atomic E-state index is 5.55. The lowest BCUT2D eigenvalue weighted by Crippen LogP contribution is -2.07. The first kappa shape index (κ1) is 15.9. The molecule has 0 aliphatic heterocycles. The monoisotopic (exact) mass is 230 g/mol. The van der Waals surface area contributed by atoms with Crippen molar-refractivity contribution in [2.24, 2.45) is 5.92 Å². The molecular formula is C14H30O2. The van der Waals surface area contributed by atoms with E-state index in [-0.39, 0.29) is 0 Å². The molecule has 0 spiro atoms. The Hall–Kier alpha value is -0.0800. The zero-order valence-electron chi connectivity index (χ0n) is 11.5. The summed E-state index contributed by atoms with van der Waals surface area (Å²) in [6.45, 7) is 10.4. The van der Waals surface area contributed by atoms with Crippen LogP contribution in [-0.2, 0) is 9.47 Å². The fourth-order valence-electron chi connectivity index (χ4n) is 1.41. The molecule has 98 valence electrons. The van der Waals surface area contributed by atoms with Crippen molar-refractivity contribution in [2.45, 2.75) is 59.3 Å². The Bertz CT molecular complexity index is 112. The topological polar surface area (TPSA) is 18.5 Å². The van der Waals surface area contributed by atoms with Crippen molar-refractivity contribution in [2.75, 3.05) is 26.4 Å². The Morgan fingerprint density at radius 2 is 1.19 bits per heavy atom. The zero-order chi connectivity index (χ0) is 12.1. The Kier molecular flexibility index (Phi) is 12.9. The lowest BCUT2D eigenvalue weighted by atomic mass is 10.1. The number of hydrogen-bond acceptors (Lipinski definition) is 2. The molecule has 0 fully saturated rings. The first-order chi connectivity index (χ1) is 7.81. The van der Waals surface area contributed by atoms with Gasteiger partial charge in [-0.3, -0.25) is 0 Å². The predicted molar refractivity (Wildman–Crippen MR) is 69.9 cm³/mol. The van der Waals surface area contributed by atoms with Crippen molar-refractivity contribution in [3.05, 3.63) is 0 Å². The van der Waals surface area contributed by atoms with Gasteiger partial charge in [0, 0.05) is 26.4 Å². The average Bonchev–Trinajstić information content (AvgIpc) is 2.28. The third kappa shape index (κ3) is 12.0. The maximum atomic E-state index is 5.55. The minimum absolute atomic E-state index is 0.725. The molecule has 0 aromatic carbocycles. The second kappa shape index (κ2) is 13.0. The molecule has 0 aromatic rings. The molecule has 0 saturated heterocycles. The van der Waals surface area contributed by atoms with E-state index in [4.69, 9.17) is 9.47 Å². The third-order valence-electron chi connectivity index (χ3n) is 2.79. The zero-order valence-corrected chi connectivity index (χ0v) is 11.5. The lowest BCUT2D eigenvalue weighted by Gasteiger charge is -2.11. The van der Waals surface area contributed by atoms with E-state index in [9.17, 15) is 0 Å². The van der Waals surface area contributed by atoms with Crippen LogP contribution in [0.2, 0.25) is 0 Å². The van der Waals surface area contributed by atoms with Gasteiger partial charge in [0.05, 0.1) is 0 Å². The van der Waals surface area contributed by atoms with Crippen LogP contribution >= 0.6 is 0 Å².